The molecule has 0 aliphatic carbocycles. The maximum absolute atomic E-state index is 8.89. The largest absolute Gasteiger partial charge is 2.00 e. The third kappa shape index (κ3) is 28.7. The molecule has 0 aromatic carbocycles. The standard InChI is InChI=1S/C8H20O4Si.2C2H4O2.Ba/c1-5-9-13(10-6-2,11-7-3)12-8-4;2*1-2(3)4;/h5-8H2,1-4H3;2*1H3,(H,3,4);/q;;;+2/p-2. The second kappa shape index (κ2) is 21.6. The number of carbonyl (C=O) groups excluding carboxylic acids is 2. The van der Waals surface area contributed by atoms with Crippen LogP contribution in [0.25, 0.3) is 0 Å². The van der Waals surface area contributed by atoms with Crippen LogP contribution < -0.4 is 10.2 Å². The molecule has 0 radical (unpaired) electrons. The number of carboxylic acids is 2. The van der Waals surface area contributed by atoms with Crippen LogP contribution >= 0.6 is 0 Å². The summed E-state index contributed by atoms with van der Waals surface area (Å²) in [5, 5.41) is 17.8. The minimum absolute atomic E-state index is 0. The Labute approximate surface area is 174 Å². The monoisotopic (exact) mass is 464 g/mol. The summed E-state index contributed by atoms with van der Waals surface area (Å²) in [6.45, 7) is 11.7. The predicted molar refractivity (Wildman–Crippen MR) is 79.4 cm³/mol. The molecule has 0 unspecified atom stereocenters. The van der Waals surface area contributed by atoms with Crippen LogP contribution in [0.15, 0.2) is 0 Å². The van der Waals surface area contributed by atoms with Gasteiger partial charge in [0, 0.05) is 38.4 Å². The molecule has 0 saturated heterocycles. The van der Waals surface area contributed by atoms with Crippen molar-refractivity contribution in [3.05, 3.63) is 0 Å². The van der Waals surface area contributed by atoms with Crippen LogP contribution in [-0.4, -0.2) is 96.3 Å². The molecule has 10 heteroatoms. The first-order valence-corrected chi connectivity index (χ1v) is 8.25. The summed E-state index contributed by atoms with van der Waals surface area (Å²) in [7, 11) is -2.80. The van der Waals surface area contributed by atoms with E-state index in [4.69, 9.17) is 37.5 Å². The van der Waals surface area contributed by atoms with Gasteiger partial charge in [-0.1, -0.05) is 0 Å². The van der Waals surface area contributed by atoms with Gasteiger partial charge in [0.2, 0.25) is 0 Å². The van der Waals surface area contributed by atoms with Gasteiger partial charge < -0.3 is 37.5 Å². The second-order valence-corrected chi connectivity index (χ2v) is 5.37. The van der Waals surface area contributed by atoms with Crippen molar-refractivity contribution in [3.63, 3.8) is 0 Å². The van der Waals surface area contributed by atoms with Gasteiger partial charge >= 0.3 is 57.9 Å². The molecule has 0 N–H and O–H groups in total. The molecular formula is C12H26BaO8Si. The van der Waals surface area contributed by atoms with E-state index in [1.165, 1.54) is 0 Å². The molecule has 0 aromatic rings. The first-order chi connectivity index (χ1) is 9.71. The zero-order chi connectivity index (χ0) is 17.3. The molecule has 128 valence electrons. The van der Waals surface area contributed by atoms with E-state index in [9.17, 15) is 0 Å². The van der Waals surface area contributed by atoms with Gasteiger partial charge in [0.05, 0.1) is 0 Å². The van der Waals surface area contributed by atoms with Gasteiger partial charge in [-0.2, -0.15) is 0 Å². The molecule has 0 rings (SSSR count). The molecule has 0 aliphatic heterocycles. The molecule has 0 aromatic heterocycles. The van der Waals surface area contributed by atoms with Gasteiger partial charge in [-0.05, 0) is 41.5 Å². The van der Waals surface area contributed by atoms with Crippen LogP contribution in [0.4, 0.5) is 0 Å². The minimum Gasteiger partial charge on any atom is -0.550 e. The Bertz CT molecular complexity index is 216. The summed E-state index contributed by atoms with van der Waals surface area (Å²) in [4.78, 5) is 17.8. The predicted octanol–water partition coefficient (Wildman–Crippen LogP) is -1.30. The zero-order valence-electron chi connectivity index (χ0n) is 14.3. The number of carbonyl (C=O) groups is 2. The van der Waals surface area contributed by atoms with E-state index in [0.717, 1.165) is 13.8 Å². The van der Waals surface area contributed by atoms with Crippen molar-refractivity contribution in [3.8, 4) is 0 Å². The van der Waals surface area contributed by atoms with E-state index < -0.39 is 21.0 Å². The molecule has 0 atom stereocenters. The van der Waals surface area contributed by atoms with Crippen molar-refractivity contribution >= 4 is 69.9 Å². The molecule has 22 heavy (non-hydrogen) atoms. The van der Waals surface area contributed by atoms with Crippen molar-refractivity contribution in [1.82, 2.24) is 0 Å². The number of aliphatic carboxylic acids is 2. The molecule has 0 spiro atoms. The Morgan fingerprint density at radius 3 is 0.955 bits per heavy atom. The molecular weight excluding hydrogens is 438 g/mol. The summed E-state index contributed by atoms with van der Waals surface area (Å²) in [5.74, 6) is -2.17. The summed E-state index contributed by atoms with van der Waals surface area (Å²) in [6, 6.07) is 0. The molecule has 0 fully saturated rings. The Balaban J connectivity index is -0.000000150. The van der Waals surface area contributed by atoms with Crippen LogP contribution in [0.2, 0.25) is 0 Å². The summed E-state index contributed by atoms with van der Waals surface area (Å²) in [5.41, 5.74) is 0. The Morgan fingerprint density at radius 1 is 0.727 bits per heavy atom. The topological polar surface area (TPSA) is 117 Å². The minimum atomic E-state index is -2.80. The quantitative estimate of drug-likeness (QED) is 0.408. The van der Waals surface area contributed by atoms with E-state index >= 15 is 0 Å². The fourth-order valence-corrected chi connectivity index (χ4v) is 2.87. The van der Waals surface area contributed by atoms with E-state index in [1.54, 1.807) is 0 Å². The zero-order valence-corrected chi connectivity index (χ0v) is 19.7. The van der Waals surface area contributed by atoms with Crippen LogP contribution in [-0.2, 0) is 27.3 Å². The van der Waals surface area contributed by atoms with E-state index in [1.807, 2.05) is 27.7 Å². The van der Waals surface area contributed by atoms with E-state index in [-0.39, 0.29) is 48.9 Å². The van der Waals surface area contributed by atoms with Crippen LogP contribution in [0.5, 0.6) is 0 Å². The molecule has 0 bridgehead atoms. The molecule has 0 heterocycles. The van der Waals surface area contributed by atoms with Crippen molar-refractivity contribution in [2.75, 3.05) is 26.4 Å². The van der Waals surface area contributed by atoms with Crippen LogP contribution in [0, 0.1) is 0 Å². The Hall–Kier alpha value is 0.568. The van der Waals surface area contributed by atoms with Gasteiger partial charge in [0.1, 0.15) is 0 Å². The fourth-order valence-electron chi connectivity index (χ4n) is 0.957. The van der Waals surface area contributed by atoms with Crippen molar-refractivity contribution < 1.29 is 37.5 Å². The first-order valence-electron chi connectivity index (χ1n) is 6.62. The van der Waals surface area contributed by atoms with Gasteiger partial charge in [-0.15, -0.1) is 0 Å². The Morgan fingerprint density at radius 2 is 0.864 bits per heavy atom. The molecule has 8 nitrogen and oxygen atoms in total. The van der Waals surface area contributed by atoms with Crippen LogP contribution in [0.3, 0.4) is 0 Å². The number of hydrogen-bond donors (Lipinski definition) is 0. The molecule has 0 saturated carbocycles. The van der Waals surface area contributed by atoms with E-state index in [2.05, 4.69) is 0 Å². The second-order valence-electron chi connectivity index (χ2n) is 3.22. The molecule has 0 aliphatic rings. The third-order valence-corrected chi connectivity index (χ3v) is 3.85. The van der Waals surface area contributed by atoms with Crippen molar-refractivity contribution in [2.24, 2.45) is 0 Å². The average molecular weight is 464 g/mol. The normalized spacial score (nSPS) is 9.36. The van der Waals surface area contributed by atoms with E-state index in [0.29, 0.717) is 26.4 Å². The summed E-state index contributed by atoms with van der Waals surface area (Å²) >= 11 is 0. The summed E-state index contributed by atoms with van der Waals surface area (Å²) < 4.78 is 21.7. The molecule has 0 amide bonds. The average Bonchev–Trinajstić information content (AvgIpc) is 2.28. The summed E-state index contributed by atoms with van der Waals surface area (Å²) in [6.07, 6.45) is 0. The fraction of sp³-hybridized carbons (Fsp3) is 0.833. The van der Waals surface area contributed by atoms with Gasteiger partial charge in [-0.25, -0.2) is 0 Å². The number of rotatable bonds is 8. The number of carboxylic acid groups (broad SMARTS) is 2. The maximum Gasteiger partial charge on any atom is 2.00 e. The maximum atomic E-state index is 8.89. The van der Waals surface area contributed by atoms with Gasteiger partial charge in [0.25, 0.3) is 0 Å². The van der Waals surface area contributed by atoms with Crippen molar-refractivity contribution in [2.45, 2.75) is 41.5 Å². The Kier molecular flexibility index (Phi) is 29.9. The van der Waals surface area contributed by atoms with Gasteiger partial charge in [0.15, 0.2) is 0 Å². The smallest absolute Gasteiger partial charge is 0.550 e. The third-order valence-electron chi connectivity index (χ3n) is 1.28. The van der Waals surface area contributed by atoms with Crippen molar-refractivity contribution in [1.29, 1.82) is 0 Å². The van der Waals surface area contributed by atoms with Crippen LogP contribution in [0.1, 0.15) is 41.5 Å². The van der Waals surface area contributed by atoms with Gasteiger partial charge in [-0.3, -0.25) is 0 Å². The number of hydrogen-bond acceptors (Lipinski definition) is 8. The first kappa shape index (κ1) is 30.4. The SMILES string of the molecule is CC(=O)[O-].CC(=O)[O-].CCO[Si](OCC)(OCC)OCC.[Ba+2].